The van der Waals surface area contributed by atoms with Crippen LogP contribution < -0.4 is 0 Å². The average Bonchev–Trinajstić information content (AvgIpc) is 2.15. The van der Waals surface area contributed by atoms with Crippen molar-refractivity contribution < 1.29 is 9.90 Å². The summed E-state index contributed by atoms with van der Waals surface area (Å²) in [6, 6.07) is 0. The van der Waals surface area contributed by atoms with Crippen molar-refractivity contribution in [1.29, 1.82) is 0 Å². The van der Waals surface area contributed by atoms with E-state index in [0.29, 0.717) is 0 Å². The zero-order chi connectivity index (χ0) is 11.5. The number of allylic oxidation sites excluding steroid dienone is 1. The molecule has 0 aliphatic carbocycles. The van der Waals surface area contributed by atoms with Crippen LogP contribution in [0.15, 0.2) is 11.0 Å². The molecule has 0 aromatic heterocycles. The maximum Gasteiger partial charge on any atom is 0.329 e. The molecule has 0 spiro atoms. The number of hydrogen-bond donors (Lipinski definition) is 1. The van der Waals surface area contributed by atoms with Gasteiger partial charge in [-0.25, -0.2) is 4.79 Å². The minimum absolute atomic E-state index is 0.844. The summed E-state index contributed by atoms with van der Waals surface area (Å²) >= 11 is 1.65. The van der Waals surface area contributed by atoms with Crippen molar-refractivity contribution in [3.8, 4) is 0 Å². The highest BCUT2D eigenvalue weighted by atomic mass is 32.2. The van der Waals surface area contributed by atoms with Gasteiger partial charge in [0.05, 0.1) is 0 Å². The third-order valence-corrected chi connectivity index (χ3v) is 3.22. The third kappa shape index (κ3) is 11.5. The van der Waals surface area contributed by atoms with Crippen molar-refractivity contribution >= 4 is 17.7 Å². The molecule has 0 aliphatic rings. The van der Waals surface area contributed by atoms with Gasteiger partial charge in [0.15, 0.2) is 0 Å². The normalized spacial score (nSPS) is 11.7. The fraction of sp³-hybridized carbons (Fsp3) is 0.750. The van der Waals surface area contributed by atoms with Crippen LogP contribution in [0.3, 0.4) is 0 Å². The summed E-state index contributed by atoms with van der Waals surface area (Å²) in [7, 11) is 0. The Balaban J connectivity index is 3.27. The van der Waals surface area contributed by atoms with Crippen molar-refractivity contribution in [3.05, 3.63) is 11.0 Å². The van der Waals surface area contributed by atoms with Crippen LogP contribution in [0, 0.1) is 0 Å². The number of carboxylic acid groups (broad SMARTS) is 1. The van der Waals surface area contributed by atoms with Gasteiger partial charge in [-0.2, -0.15) is 0 Å². The molecular formula is C12H22O2S. The number of unbranched alkanes of at least 4 members (excludes halogenated alkanes) is 5. The average molecular weight is 230 g/mol. The van der Waals surface area contributed by atoms with Gasteiger partial charge in [-0.15, -0.1) is 11.8 Å². The second-order valence-electron chi connectivity index (χ2n) is 3.71. The number of carboxylic acids is 1. The molecular weight excluding hydrogens is 208 g/mol. The lowest BCUT2D eigenvalue weighted by atomic mass is 10.1. The Hall–Kier alpha value is -0.440. The molecule has 3 heteroatoms. The molecule has 0 rings (SSSR count). The SMILES string of the molecule is CCCCCCCCS/C(C)=C\C(=O)O. The zero-order valence-corrected chi connectivity index (χ0v) is 10.6. The molecule has 0 heterocycles. The van der Waals surface area contributed by atoms with Crippen LogP contribution in [0.4, 0.5) is 0 Å². The van der Waals surface area contributed by atoms with E-state index in [0.717, 1.165) is 10.7 Å². The number of aliphatic carboxylic acids is 1. The van der Waals surface area contributed by atoms with Crippen molar-refractivity contribution in [2.24, 2.45) is 0 Å². The lowest BCUT2D eigenvalue weighted by molar-refractivity contribution is -0.131. The van der Waals surface area contributed by atoms with Crippen LogP contribution in [-0.2, 0) is 4.79 Å². The van der Waals surface area contributed by atoms with Gasteiger partial charge in [-0.3, -0.25) is 0 Å². The summed E-state index contributed by atoms with van der Waals surface area (Å²) < 4.78 is 0. The molecule has 0 aliphatic heterocycles. The standard InChI is InChI=1S/C12H22O2S/c1-3-4-5-6-7-8-9-15-11(2)10-12(13)14/h10H,3-9H2,1-2H3,(H,13,14)/b11-10-. The maximum absolute atomic E-state index is 10.3. The molecule has 0 atom stereocenters. The van der Waals surface area contributed by atoms with Gasteiger partial charge in [0, 0.05) is 6.08 Å². The second kappa shape index (κ2) is 10.1. The lowest BCUT2D eigenvalue weighted by Gasteiger charge is -2.01. The topological polar surface area (TPSA) is 37.3 Å². The van der Waals surface area contributed by atoms with Crippen molar-refractivity contribution in [2.75, 3.05) is 5.75 Å². The molecule has 0 aromatic carbocycles. The summed E-state index contributed by atoms with van der Waals surface area (Å²) in [5.41, 5.74) is 0. The van der Waals surface area contributed by atoms with Gasteiger partial charge < -0.3 is 5.11 Å². The van der Waals surface area contributed by atoms with Gasteiger partial charge in [-0.1, -0.05) is 39.0 Å². The highest BCUT2D eigenvalue weighted by Gasteiger charge is 1.95. The molecule has 0 saturated heterocycles. The smallest absolute Gasteiger partial charge is 0.329 e. The predicted octanol–water partition coefficient (Wildman–Crippen LogP) is 4.07. The minimum atomic E-state index is -0.844. The Kier molecular flexibility index (Phi) is 9.79. The maximum atomic E-state index is 10.3. The summed E-state index contributed by atoms with van der Waals surface area (Å²) in [6.07, 6.45) is 9.02. The summed E-state index contributed by atoms with van der Waals surface area (Å²) in [5.74, 6) is 0.199. The zero-order valence-electron chi connectivity index (χ0n) is 9.79. The molecule has 2 nitrogen and oxygen atoms in total. The van der Waals surface area contributed by atoms with E-state index in [9.17, 15) is 4.79 Å². The van der Waals surface area contributed by atoms with Crippen molar-refractivity contribution in [1.82, 2.24) is 0 Å². The molecule has 0 radical (unpaired) electrons. The fourth-order valence-electron chi connectivity index (χ4n) is 1.33. The van der Waals surface area contributed by atoms with Gasteiger partial charge in [0.25, 0.3) is 0 Å². The molecule has 0 fully saturated rings. The van der Waals surface area contributed by atoms with E-state index in [1.165, 1.54) is 44.6 Å². The molecule has 15 heavy (non-hydrogen) atoms. The molecule has 1 N–H and O–H groups in total. The Morgan fingerprint density at radius 2 is 1.80 bits per heavy atom. The lowest BCUT2D eigenvalue weighted by Crippen LogP contribution is -1.89. The van der Waals surface area contributed by atoms with Gasteiger partial charge in [0.1, 0.15) is 0 Å². The van der Waals surface area contributed by atoms with Crippen LogP contribution in [-0.4, -0.2) is 16.8 Å². The molecule has 0 saturated carbocycles. The van der Waals surface area contributed by atoms with Crippen LogP contribution in [0.1, 0.15) is 52.4 Å². The number of thioether (sulfide) groups is 1. The number of carbonyl (C=O) groups is 1. The van der Waals surface area contributed by atoms with Crippen LogP contribution in [0.2, 0.25) is 0 Å². The van der Waals surface area contributed by atoms with E-state index in [4.69, 9.17) is 5.11 Å². The third-order valence-electron chi connectivity index (χ3n) is 2.15. The van der Waals surface area contributed by atoms with E-state index in [1.807, 2.05) is 6.92 Å². The highest BCUT2D eigenvalue weighted by Crippen LogP contribution is 2.17. The Morgan fingerprint density at radius 3 is 2.40 bits per heavy atom. The fourth-order valence-corrected chi connectivity index (χ4v) is 2.19. The van der Waals surface area contributed by atoms with Crippen LogP contribution in [0.5, 0.6) is 0 Å². The first-order valence-electron chi connectivity index (χ1n) is 5.70. The minimum Gasteiger partial charge on any atom is -0.478 e. The van der Waals surface area contributed by atoms with E-state index in [1.54, 1.807) is 11.8 Å². The number of hydrogen-bond acceptors (Lipinski definition) is 2. The second-order valence-corrected chi connectivity index (χ2v) is 5.05. The largest absolute Gasteiger partial charge is 0.478 e. The predicted molar refractivity (Wildman–Crippen MR) is 67.2 cm³/mol. The Labute approximate surface area is 97.1 Å². The van der Waals surface area contributed by atoms with Crippen LogP contribution in [0.25, 0.3) is 0 Å². The molecule has 0 amide bonds. The van der Waals surface area contributed by atoms with E-state index >= 15 is 0 Å². The highest BCUT2D eigenvalue weighted by molar-refractivity contribution is 8.03. The Bertz CT molecular complexity index is 200. The molecule has 0 aromatic rings. The first-order chi connectivity index (χ1) is 7.16. The van der Waals surface area contributed by atoms with Crippen molar-refractivity contribution in [2.45, 2.75) is 52.4 Å². The van der Waals surface area contributed by atoms with Crippen molar-refractivity contribution in [3.63, 3.8) is 0 Å². The van der Waals surface area contributed by atoms with Gasteiger partial charge in [0.2, 0.25) is 0 Å². The van der Waals surface area contributed by atoms with E-state index in [-0.39, 0.29) is 0 Å². The van der Waals surface area contributed by atoms with Crippen LogP contribution >= 0.6 is 11.8 Å². The quantitative estimate of drug-likeness (QED) is 0.479. The first kappa shape index (κ1) is 14.6. The molecule has 0 unspecified atom stereocenters. The van der Waals surface area contributed by atoms with Gasteiger partial charge in [-0.05, 0) is 24.0 Å². The first-order valence-corrected chi connectivity index (χ1v) is 6.69. The summed E-state index contributed by atoms with van der Waals surface area (Å²) in [5, 5.41) is 8.49. The summed E-state index contributed by atoms with van der Waals surface area (Å²) in [6.45, 7) is 4.08. The molecule has 88 valence electrons. The molecule has 0 bridgehead atoms. The Morgan fingerprint density at radius 1 is 1.20 bits per heavy atom. The summed E-state index contributed by atoms with van der Waals surface area (Å²) in [4.78, 5) is 11.2. The van der Waals surface area contributed by atoms with E-state index in [2.05, 4.69) is 6.92 Å². The van der Waals surface area contributed by atoms with Gasteiger partial charge >= 0.3 is 5.97 Å². The van der Waals surface area contributed by atoms with E-state index < -0.39 is 5.97 Å². The number of rotatable bonds is 9. The monoisotopic (exact) mass is 230 g/mol.